The normalized spacial score (nSPS) is 39.9. The molecule has 6 atom stereocenters. The molecular weight excluding hydrogens is 366 g/mol. The van der Waals surface area contributed by atoms with Crippen LogP contribution in [-0.2, 0) is 16.8 Å². The third kappa shape index (κ3) is 2.72. The average molecular weight is 396 g/mol. The lowest BCUT2D eigenvalue weighted by Gasteiger charge is -2.37. The number of aliphatic hydroxyl groups is 2. The summed E-state index contributed by atoms with van der Waals surface area (Å²) in [6, 6.07) is 0.0143. The van der Waals surface area contributed by atoms with E-state index >= 15 is 0 Å². The van der Waals surface area contributed by atoms with Gasteiger partial charge in [0, 0.05) is 17.9 Å². The van der Waals surface area contributed by atoms with E-state index in [-0.39, 0.29) is 30.3 Å². The summed E-state index contributed by atoms with van der Waals surface area (Å²) in [6.07, 6.45) is 14.7. The number of rotatable bonds is 3. The molecule has 0 aromatic carbocycles. The second-order valence-electron chi connectivity index (χ2n) is 9.44. The van der Waals surface area contributed by atoms with E-state index in [1.807, 2.05) is 12.2 Å². The van der Waals surface area contributed by atoms with Gasteiger partial charge in [-0.25, -0.2) is 0 Å². The molecule has 0 radical (unpaired) electrons. The molecule has 3 fully saturated rings. The monoisotopic (exact) mass is 395 g/mol. The molecule has 0 spiro atoms. The summed E-state index contributed by atoms with van der Waals surface area (Å²) in [5, 5.41) is 34.8. The Balaban J connectivity index is 1.45. The zero-order valence-corrected chi connectivity index (χ0v) is 16.7. The summed E-state index contributed by atoms with van der Waals surface area (Å²) in [7, 11) is 0. The maximum Gasteiger partial charge on any atom is 0.155 e. The van der Waals surface area contributed by atoms with Crippen LogP contribution in [0, 0.1) is 5.92 Å². The minimum atomic E-state index is -1.08. The topological polar surface area (TPSA) is 87.5 Å². The zero-order chi connectivity index (χ0) is 19.6. The van der Waals surface area contributed by atoms with Crippen molar-refractivity contribution in [3.05, 3.63) is 40.6 Å². The Labute approximate surface area is 171 Å². The van der Waals surface area contributed by atoms with Crippen molar-refractivity contribution in [1.82, 2.24) is 10.2 Å². The highest BCUT2D eigenvalue weighted by molar-refractivity contribution is 5.55. The van der Waals surface area contributed by atoms with Crippen LogP contribution >= 0.6 is 0 Å². The van der Waals surface area contributed by atoms with Gasteiger partial charge in [0.05, 0.1) is 24.4 Å². The van der Waals surface area contributed by atoms with Crippen LogP contribution in [0.4, 0.5) is 5.82 Å². The molecule has 154 valence electrons. The van der Waals surface area contributed by atoms with Crippen LogP contribution in [0.25, 0.3) is 0 Å². The van der Waals surface area contributed by atoms with Gasteiger partial charge in [0.15, 0.2) is 5.82 Å². The molecule has 5 aliphatic rings. The Morgan fingerprint density at radius 2 is 2.03 bits per heavy atom. The highest BCUT2D eigenvalue weighted by atomic mass is 16.5. The number of hydrogen-bond acceptors (Lipinski definition) is 6. The van der Waals surface area contributed by atoms with Crippen molar-refractivity contribution in [1.29, 1.82) is 0 Å². The molecule has 29 heavy (non-hydrogen) atoms. The number of nitrogens with one attached hydrogen (secondary N) is 1. The molecule has 1 aromatic heterocycles. The molecule has 2 unspecified atom stereocenters. The largest absolute Gasteiger partial charge is 0.391 e. The van der Waals surface area contributed by atoms with Crippen LogP contribution in [0.1, 0.15) is 74.3 Å². The summed E-state index contributed by atoms with van der Waals surface area (Å²) in [6.45, 7) is 0. The number of ether oxygens (including phenoxy) is 1. The number of aliphatic hydroxyl groups excluding tert-OH is 1. The fourth-order valence-corrected chi connectivity index (χ4v) is 6.30. The van der Waals surface area contributed by atoms with Crippen molar-refractivity contribution in [3.8, 4) is 0 Å². The number of nitrogens with zero attached hydrogens (tertiary/aromatic N) is 2. The van der Waals surface area contributed by atoms with E-state index in [0.717, 1.165) is 80.4 Å². The minimum absolute atomic E-state index is 0.00815. The molecule has 6 heteroatoms. The van der Waals surface area contributed by atoms with E-state index in [9.17, 15) is 10.2 Å². The molecule has 3 aliphatic carbocycles. The third-order valence-corrected chi connectivity index (χ3v) is 7.76. The summed E-state index contributed by atoms with van der Waals surface area (Å²) in [4.78, 5) is 0. The Hall–Kier alpha value is -1.76. The first-order valence-corrected chi connectivity index (χ1v) is 11.2. The summed E-state index contributed by atoms with van der Waals surface area (Å²) in [5.74, 6) is 0.840. The number of fused-ring (bicyclic) bond motifs is 5. The molecule has 1 saturated heterocycles. The second-order valence-corrected chi connectivity index (χ2v) is 9.44. The SMILES string of the molecule is O[C@@H]1CCC[C@H]1Nc1nnc(C2(O)C=CC=C3CCCC32)c2c1[C@H]1CC[C@@H](C2)O1. The lowest BCUT2D eigenvalue weighted by atomic mass is 9.75. The standard InChI is InChI=1S/C23H29N3O3/c27-18-8-2-7-17(18)24-22-20-15(12-14-9-10-19(20)29-14)21(25-26-22)23(28)11-3-5-13-4-1-6-16(13)23/h3,5,11,14,16-19,27-28H,1-2,4,6-10,12H2,(H,24,26)/t14-,16?,17+,18+,19+,23?/m0/s1. The second kappa shape index (κ2) is 6.62. The van der Waals surface area contributed by atoms with Gasteiger partial charge in [-0.15, -0.1) is 10.2 Å². The van der Waals surface area contributed by atoms with Crippen LogP contribution in [0.2, 0.25) is 0 Å². The first-order valence-electron chi connectivity index (χ1n) is 11.2. The lowest BCUT2D eigenvalue weighted by molar-refractivity contribution is 0.0189. The minimum Gasteiger partial charge on any atom is -0.391 e. The number of allylic oxidation sites excluding steroid dienone is 2. The van der Waals surface area contributed by atoms with Gasteiger partial charge in [0.25, 0.3) is 0 Å². The van der Waals surface area contributed by atoms with E-state index in [4.69, 9.17) is 4.74 Å². The molecule has 2 aliphatic heterocycles. The predicted octanol–water partition coefficient (Wildman–Crippen LogP) is 3.06. The zero-order valence-electron chi connectivity index (χ0n) is 16.7. The smallest absolute Gasteiger partial charge is 0.155 e. The van der Waals surface area contributed by atoms with Gasteiger partial charge >= 0.3 is 0 Å². The highest BCUT2D eigenvalue weighted by Crippen LogP contribution is 2.51. The van der Waals surface area contributed by atoms with Crippen LogP contribution in [0.15, 0.2) is 23.8 Å². The Morgan fingerprint density at radius 1 is 1.10 bits per heavy atom. The first kappa shape index (κ1) is 18.0. The first-order chi connectivity index (χ1) is 14.1. The Kier molecular flexibility index (Phi) is 4.12. The van der Waals surface area contributed by atoms with Crippen molar-refractivity contribution in [2.75, 3.05) is 5.32 Å². The Bertz CT molecular complexity index is 898. The molecular formula is C23H29N3O3. The van der Waals surface area contributed by atoms with Crippen molar-refractivity contribution in [3.63, 3.8) is 0 Å². The summed E-state index contributed by atoms with van der Waals surface area (Å²) in [5.41, 5.74) is 3.16. The fourth-order valence-electron chi connectivity index (χ4n) is 6.30. The van der Waals surface area contributed by atoms with E-state index in [0.29, 0.717) is 0 Å². The summed E-state index contributed by atoms with van der Waals surface area (Å²) < 4.78 is 6.24. The van der Waals surface area contributed by atoms with Crippen molar-refractivity contribution < 1.29 is 14.9 Å². The van der Waals surface area contributed by atoms with E-state index in [1.54, 1.807) is 0 Å². The summed E-state index contributed by atoms with van der Waals surface area (Å²) >= 11 is 0. The van der Waals surface area contributed by atoms with Crippen molar-refractivity contribution in [2.24, 2.45) is 5.92 Å². The predicted molar refractivity (Wildman–Crippen MR) is 108 cm³/mol. The van der Waals surface area contributed by atoms with E-state index in [1.165, 1.54) is 5.57 Å². The van der Waals surface area contributed by atoms with Crippen LogP contribution in [0.3, 0.4) is 0 Å². The maximum absolute atomic E-state index is 11.8. The Morgan fingerprint density at radius 3 is 2.90 bits per heavy atom. The maximum atomic E-state index is 11.8. The number of hydrogen-bond donors (Lipinski definition) is 3. The van der Waals surface area contributed by atoms with Crippen LogP contribution in [0.5, 0.6) is 0 Å². The molecule has 0 amide bonds. The van der Waals surface area contributed by atoms with Gasteiger partial charge in [-0.05, 0) is 63.0 Å². The van der Waals surface area contributed by atoms with Crippen LogP contribution < -0.4 is 5.32 Å². The molecule has 6 rings (SSSR count). The van der Waals surface area contributed by atoms with Gasteiger partial charge in [-0.1, -0.05) is 17.7 Å². The van der Waals surface area contributed by atoms with Gasteiger partial charge in [0.1, 0.15) is 11.3 Å². The van der Waals surface area contributed by atoms with Gasteiger partial charge < -0.3 is 20.3 Å². The highest BCUT2D eigenvalue weighted by Gasteiger charge is 2.48. The fraction of sp³-hybridized carbons (Fsp3) is 0.652. The molecule has 2 bridgehead atoms. The van der Waals surface area contributed by atoms with E-state index in [2.05, 4.69) is 21.6 Å². The van der Waals surface area contributed by atoms with Gasteiger partial charge in [0.2, 0.25) is 0 Å². The molecule has 6 nitrogen and oxygen atoms in total. The van der Waals surface area contributed by atoms with Crippen molar-refractivity contribution in [2.45, 2.75) is 87.7 Å². The number of anilines is 1. The molecule has 2 saturated carbocycles. The molecule has 1 aromatic rings. The van der Waals surface area contributed by atoms with Crippen LogP contribution in [-0.4, -0.2) is 38.7 Å². The molecule has 3 N–H and O–H groups in total. The van der Waals surface area contributed by atoms with Gasteiger partial charge in [-0.3, -0.25) is 0 Å². The third-order valence-electron chi connectivity index (χ3n) is 7.76. The number of aromatic nitrogens is 2. The molecule has 3 heterocycles. The van der Waals surface area contributed by atoms with E-state index < -0.39 is 5.60 Å². The van der Waals surface area contributed by atoms with Gasteiger partial charge in [-0.2, -0.15) is 0 Å². The van der Waals surface area contributed by atoms with Crippen molar-refractivity contribution >= 4 is 5.82 Å². The lowest BCUT2D eigenvalue weighted by Crippen LogP contribution is -2.38. The quantitative estimate of drug-likeness (QED) is 0.729. The average Bonchev–Trinajstić information content (AvgIpc) is 3.44.